The average molecular weight is 307 g/mol. The molecule has 4 aromatic rings. The molecule has 0 atom stereocenters. The number of aromatic nitrogens is 3. The zero-order valence-electron chi connectivity index (χ0n) is 11.9. The van der Waals surface area contributed by atoms with Crippen molar-refractivity contribution in [2.45, 2.75) is 0 Å². The third kappa shape index (κ3) is 2.46. The Hall–Kier alpha value is -3.08. The van der Waals surface area contributed by atoms with Crippen LogP contribution in [0.5, 0.6) is 0 Å². The summed E-state index contributed by atoms with van der Waals surface area (Å²) in [7, 11) is 0. The van der Waals surface area contributed by atoms with E-state index in [1.165, 1.54) is 24.3 Å². The molecule has 0 radical (unpaired) electrons. The highest BCUT2D eigenvalue weighted by Crippen LogP contribution is 2.23. The summed E-state index contributed by atoms with van der Waals surface area (Å²) in [5, 5.41) is 4.52. The highest BCUT2D eigenvalue weighted by Gasteiger charge is 2.10. The summed E-state index contributed by atoms with van der Waals surface area (Å²) in [6.07, 6.45) is 1.65. The lowest BCUT2D eigenvalue weighted by Crippen LogP contribution is -1.97. The molecule has 2 heterocycles. The van der Waals surface area contributed by atoms with Crippen LogP contribution in [0, 0.1) is 11.6 Å². The van der Waals surface area contributed by atoms with Gasteiger partial charge in [0.05, 0.1) is 17.6 Å². The molecular formula is C18H11F2N3. The van der Waals surface area contributed by atoms with Crippen LogP contribution >= 0.6 is 0 Å². The van der Waals surface area contributed by atoms with Gasteiger partial charge in [0, 0.05) is 11.1 Å². The molecule has 23 heavy (non-hydrogen) atoms. The fourth-order valence-corrected chi connectivity index (χ4v) is 2.52. The van der Waals surface area contributed by atoms with Crippen molar-refractivity contribution in [3.8, 4) is 22.5 Å². The zero-order chi connectivity index (χ0) is 15.8. The molecule has 0 bridgehead atoms. The number of nitrogens with zero attached hydrogens (tertiary/aromatic N) is 3. The van der Waals surface area contributed by atoms with E-state index >= 15 is 0 Å². The molecule has 4 rings (SSSR count). The van der Waals surface area contributed by atoms with Gasteiger partial charge in [-0.2, -0.15) is 5.10 Å². The molecule has 112 valence electrons. The molecular weight excluding hydrogens is 296 g/mol. The van der Waals surface area contributed by atoms with Crippen LogP contribution in [0.25, 0.3) is 28.2 Å². The monoisotopic (exact) mass is 307 g/mol. The maximum atomic E-state index is 13.5. The summed E-state index contributed by atoms with van der Waals surface area (Å²) < 4.78 is 28.5. The summed E-state index contributed by atoms with van der Waals surface area (Å²) in [6, 6.07) is 16.1. The highest BCUT2D eigenvalue weighted by molar-refractivity contribution is 5.65. The van der Waals surface area contributed by atoms with Crippen molar-refractivity contribution in [2.24, 2.45) is 0 Å². The van der Waals surface area contributed by atoms with Crippen molar-refractivity contribution in [3.05, 3.63) is 78.5 Å². The first kappa shape index (κ1) is 13.6. The SMILES string of the molecule is Fc1cccc(-c2ccc3ncc(-c4cccc(F)c4)n3n2)c1. The van der Waals surface area contributed by atoms with Gasteiger partial charge >= 0.3 is 0 Å². The number of benzene rings is 2. The van der Waals surface area contributed by atoms with Gasteiger partial charge in [0.25, 0.3) is 0 Å². The van der Waals surface area contributed by atoms with Crippen LogP contribution < -0.4 is 0 Å². The number of hydrogen-bond donors (Lipinski definition) is 0. The number of halogens is 2. The molecule has 0 aliphatic rings. The Labute approximate surface area is 130 Å². The van der Waals surface area contributed by atoms with Crippen LogP contribution in [-0.4, -0.2) is 14.6 Å². The van der Waals surface area contributed by atoms with Gasteiger partial charge in [0.15, 0.2) is 5.65 Å². The van der Waals surface area contributed by atoms with Gasteiger partial charge in [-0.15, -0.1) is 0 Å². The molecule has 0 saturated carbocycles. The van der Waals surface area contributed by atoms with Crippen LogP contribution in [0.1, 0.15) is 0 Å². The van der Waals surface area contributed by atoms with E-state index in [1.54, 1.807) is 47.1 Å². The standard InChI is InChI=1S/C18H11F2N3/c19-14-5-1-3-12(9-14)16-7-8-18-21-11-17(23(18)22-16)13-4-2-6-15(20)10-13/h1-11H. The van der Waals surface area contributed by atoms with Crippen molar-refractivity contribution in [1.29, 1.82) is 0 Å². The van der Waals surface area contributed by atoms with Crippen molar-refractivity contribution < 1.29 is 8.78 Å². The largest absolute Gasteiger partial charge is 0.235 e. The van der Waals surface area contributed by atoms with E-state index < -0.39 is 0 Å². The summed E-state index contributed by atoms with van der Waals surface area (Å²) in [5.41, 5.74) is 3.29. The Morgan fingerprint density at radius 3 is 2.22 bits per heavy atom. The first-order chi connectivity index (χ1) is 11.2. The Kier molecular flexibility index (Phi) is 3.12. The van der Waals surface area contributed by atoms with Crippen molar-refractivity contribution in [2.75, 3.05) is 0 Å². The second-order valence-electron chi connectivity index (χ2n) is 5.15. The number of fused-ring (bicyclic) bond motifs is 1. The summed E-state index contributed by atoms with van der Waals surface area (Å²) >= 11 is 0. The minimum Gasteiger partial charge on any atom is -0.235 e. The zero-order valence-corrected chi connectivity index (χ0v) is 11.9. The van der Waals surface area contributed by atoms with E-state index in [9.17, 15) is 8.78 Å². The van der Waals surface area contributed by atoms with Crippen molar-refractivity contribution in [3.63, 3.8) is 0 Å². The number of hydrogen-bond acceptors (Lipinski definition) is 2. The quantitative estimate of drug-likeness (QED) is 0.551. The normalized spacial score (nSPS) is 11.0. The molecule has 2 aromatic carbocycles. The number of imidazole rings is 1. The molecule has 3 nitrogen and oxygen atoms in total. The molecule has 0 unspecified atom stereocenters. The van der Waals surface area contributed by atoms with Gasteiger partial charge in [-0.1, -0.05) is 24.3 Å². The molecule has 0 saturated heterocycles. The molecule has 0 aliphatic heterocycles. The van der Waals surface area contributed by atoms with Gasteiger partial charge < -0.3 is 0 Å². The molecule has 0 fully saturated rings. The fourth-order valence-electron chi connectivity index (χ4n) is 2.52. The first-order valence-corrected chi connectivity index (χ1v) is 7.07. The predicted octanol–water partition coefficient (Wildman–Crippen LogP) is 4.34. The molecule has 0 spiro atoms. The van der Waals surface area contributed by atoms with E-state index in [4.69, 9.17) is 0 Å². The van der Waals surface area contributed by atoms with Crippen LogP contribution in [0.4, 0.5) is 8.78 Å². The molecule has 5 heteroatoms. The van der Waals surface area contributed by atoms with E-state index in [-0.39, 0.29) is 11.6 Å². The van der Waals surface area contributed by atoms with Gasteiger partial charge in [0.1, 0.15) is 11.6 Å². The molecule has 0 aliphatic carbocycles. The summed E-state index contributed by atoms with van der Waals surface area (Å²) in [4.78, 5) is 4.28. The lowest BCUT2D eigenvalue weighted by Gasteiger charge is -2.05. The minimum absolute atomic E-state index is 0.319. The number of rotatable bonds is 2. The Balaban J connectivity index is 1.90. The second-order valence-corrected chi connectivity index (χ2v) is 5.15. The lowest BCUT2D eigenvalue weighted by molar-refractivity contribution is 0.627. The third-order valence-electron chi connectivity index (χ3n) is 3.60. The van der Waals surface area contributed by atoms with Crippen LogP contribution in [0.3, 0.4) is 0 Å². The Bertz CT molecular complexity index is 1010. The van der Waals surface area contributed by atoms with E-state index in [0.29, 0.717) is 28.2 Å². The van der Waals surface area contributed by atoms with Gasteiger partial charge in [-0.3, -0.25) is 0 Å². The van der Waals surface area contributed by atoms with Gasteiger partial charge in [-0.25, -0.2) is 18.3 Å². The van der Waals surface area contributed by atoms with Crippen molar-refractivity contribution >= 4 is 5.65 Å². The van der Waals surface area contributed by atoms with Crippen LogP contribution in [0.15, 0.2) is 66.9 Å². The average Bonchev–Trinajstić information content (AvgIpc) is 2.98. The van der Waals surface area contributed by atoms with Crippen LogP contribution in [-0.2, 0) is 0 Å². The van der Waals surface area contributed by atoms with Gasteiger partial charge in [0.2, 0.25) is 0 Å². The Morgan fingerprint density at radius 1 is 0.783 bits per heavy atom. The lowest BCUT2D eigenvalue weighted by atomic mass is 10.1. The van der Waals surface area contributed by atoms with E-state index in [1.807, 2.05) is 0 Å². The maximum absolute atomic E-state index is 13.5. The maximum Gasteiger partial charge on any atom is 0.154 e. The Morgan fingerprint density at radius 2 is 1.48 bits per heavy atom. The van der Waals surface area contributed by atoms with E-state index in [2.05, 4.69) is 10.1 Å². The molecule has 2 aromatic heterocycles. The van der Waals surface area contributed by atoms with Gasteiger partial charge in [-0.05, 0) is 36.4 Å². The molecule has 0 amide bonds. The fraction of sp³-hybridized carbons (Fsp3) is 0. The topological polar surface area (TPSA) is 30.2 Å². The predicted molar refractivity (Wildman–Crippen MR) is 83.8 cm³/mol. The van der Waals surface area contributed by atoms with Crippen molar-refractivity contribution in [1.82, 2.24) is 14.6 Å². The first-order valence-electron chi connectivity index (χ1n) is 7.07. The molecule has 0 N–H and O–H groups in total. The van der Waals surface area contributed by atoms with E-state index in [0.717, 1.165) is 0 Å². The summed E-state index contributed by atoms with van der Waals surface area (Å²) in [5.74, 6) is -0.640. The van der Waals surface area contributed by atoms with Crippen LogP contribution in [0.2, 0.25) is 0 Å². The smallest absolute Gasteiger partial charge is 0.154 e. The third-order valence-corrected chi connectivity index (χ3v) is 3.60. The summed E-state index contributed by atoms with van der Waals surface area (Å²) in [6.45, 7) is 0. The minimum atomic E-state index is -0.321. The second kappa shape index (κ2) is 5.28. The highest BCUT2D eigenvalue weighted by atomic mass is 19.1.